The molecule has 24 heavy (non-hydrogen) atoms. The van der Waals surface area contributed by atoms with E-state index in [4.69, 9.17) is 4.74 Å². The number of amides is 2. The number of carbonyl (C=O) groups is 2. The van der Waals surface area contributed by atoms with Gasteiger partial charge in [-0.05, 0) is 49.2 Å². The molecule has 0 radical (unpaired) electrons. The van der Waals surface area contributed by atoms with E-state index in [1.165, 1.54) is 0 Å². The van der Waals surface area contributed by atoms with Gasteiger partial charge in [-0.2, -0.15) is 0 Å². The molecule has 1 unspecified atom stereocenters. The first-order valence-corrected chi connectivity index (χ1v) is 7.92. The Morgan fingerprint density at radius 3 is 2.67 bits per heavy atom. The number of hydrogen-bond acceptors (Lipinski definition) is 3. The summed E-state index contributed by atoms with van der Waals surface area (Å²) >= 11 is 0. The van der Waals surface area contributed by atoms with Crippen LogP contribution in [0.2, 0.25) is 0 Å². The lowest BCUT2D eigenvalue weighted by molar-refractivity contribution is -0.125. The average Bonchev–Trinajstić information content (AvgIpc) is 2.66. The summed E-state index contributed by atoms with van der Waals surface area (Å²) in [6.45, 7) is 4.14. The first kappa shape index (κ1) is 16.1. The summed E-state index contributed by atoms with van der Waals surface area (Å²) in [7, 11) is 0. The molecule has 0 bridgehead atoms. The van der Waals surface area contributed by atoms with Crippen molar-refractivity contribution in [2.24, 2.45) is 5.92 Å². The monoisotopic (exact) mass is 324 g/mol. The second kappa shape index (κ2) is 6.74. The Bertz CT molecular complexity index is 766. The largest absolute Gasteiger partial charge is 0.491 e. The second-order valence-electron chi connectivity index (χ2n) is 6.12. The van der Waals surface area contributed by atoms with Gasteiger partial charge in [0.05, 0.1) is 11.6 Å². The summed E-state index contributed by atoms with van der Waals surface area (Å²) in [6, 6.07) is 13.1. The van der Waals surface area contributed by atoms with E-state index in [9.17, 15) is 9.59 Å². The van der Waals surface area contributed by atoms with Crippen LogP contribution in [-0.2, 0) is 9.59 Å². The molecule has 2 aromatic carbocycles. The van der Waals surface area contributed by atoms with Crippen LogP contribution in [0, 0.1) is 19.8 Å². The maximum atomic E-state index is 12.3. The molecule has 2 aromatic rings. The van der Waals surface area contributed by atoms with Crippen molar-refractivity contribution in [1.29, 1.82) is 0 Å². The summed E-state index contributed by atoms with van der Waals surface area (Å²) in [5.41, 5.74) is 3.54. The van der Waals surface area contributed by atoms with Crippen LogP contribution in [0.1, 0.15) is 17.5 Å². The van der Waals surface area contributed by atoms with Crippen molar-refractivity contribution in [3.8, 4) is 5.75 Å². The van der Waals surface area contributed by atoms with Crippen LogP contribution in [-0.4, -0.2) is 18.4 Å². The molecule has 0 spiro atoms. The third kappa shape index (κ3) is 3.74. The van der Waals surface area contributed by atoms with Gasteiger partial charge in [0.15, 0.2) is 0 Å². The van der Waals surface area contributed by atoms with Crippen molar-refractivity contribution >= 4 is 23.2 Å². The molecule has 124 valence electrons. The fourth-order valence-corrected chi connectivity index (χ4v) is 2.83. The highest BCUT2D eigenvalue weighted by molar-refractivity contribution is 5.99. The van der Waals surface area contributed by atoms with Crippen LogP contribution in [0.25, 0.3) is 0 Å². The molecule has 0 aliphatic carbocycles. The number of benzene rings is 2. The van der Waals surface area contributed by atoms with Crippen LogP contribution >= 0.6 is 0 Å². The summed E-state index contributed by atoms with van der Waals surface area (Å²) in [5, 5.41) is 5.67. The lowest BCUT2D eigenvalue weighted by Crippen LogP contribution is -2.29. The predicted octanol–water partition coefficient (Wildman–Crippen LogP) is 3.28. The first-order valence-electron chi connectivity index (χ1n) is 7.92. The molecule has 1 heterocycles. The van der Waals surface area contributed by atoms with Gasteiger partial charge in [-0.25, -0.2) is 0 Å². The minimum Gasteiger partial charge on any atom is -0.491 e. The van der Waals surface area contributed by atoms with E-state index >= 15 is 0 Å². The van der Waals surface area contributed by atoms with E-state index in [0.29, 0.717) is 11.4 Å². The fourth-order valence-electron chi connectivity index (χ4n) is 2.83. The molecule has 3 rings (SSSR count). The summed E-state index contributed by atoms with van der Waals surface area (Å²) < 4.78 is 5.66. The SMILES string of the molecule is Cc1cc(C)cc(NC(=O)CC2COc3ccccc3NC2=O)c1. The van der Waals surface area contributed by atoms with Gasteiger partial charge in [-0.3, -0.25) is 9.59 Å². The molecule has 0 aromatic heterocycles. The number of carbonyl (C=O) groups excluding carboxylic acids is 2. The number of fused-ring (bicyclic) bond motifs is 1. The van der Waals surface area contributed by atoms with E-state index in [1.807, 2.05) is 44.2 Å². The zero-order valence-corrected chi connectivity index (χ0v) is 13.8. The molecule has 2 amide bonds. The third-order valence-corrected chi connectivity index (χ3v) is 3.89. The van der Waals surface area contributed by atoms with Gasteiger partial charge in [0.2, 0.25) is 11.8 Å². The fraction of sp³-hybridized carbons (Fsp3) is 0.263. The zero-order valence-electron chi connectivity index (χ0n) is 13.8. The Labute approximate surface area is 141 Å². The number of anilines is 2. The number of nitrogens with one attached hydrogen (secondary N) is 2. The lowest BCUT2D eigenvalue weighted by atomic mass is 10.0. The van der Waals surface area contributed by atoms with Crippen molar-refractivity contribution in [2.45, 2.75) is 20.3 Å². The first-order chi connectivity index (χ1) is 11.5. The van der Waals surface area contributed by atoms with E-state index < -0.39 is 5.92 Å². The number of ether oxygens (including phenoxy) is 1. The molecule has 0 saturated carbocycles. The van der Waals surface area contributed by atoms with Crippen LogP contribution < -0.4 is 15.4 Å². The number of rotatable bonds is 3. The molecular weight excluding hydrogens is 304 g/mol. The van der Waals surface area contributed by atoms with Crippen molar-refractivity contribution in [3.63, 3.8) is 0 Å². The van der Waals surface area contributed by atoms with Gasteiger partial charge < -0.3 is 15.4 Å². The normalized spacial score (nSPS) is 16.4. The van der Waals surface area contributed by atoms with Gasteiger partial charge in [0.25, 0.3) is 0 Å². The van der Waals surface area contributed by atoms with Crippen LogP contribution in [0.15, 0.2) is 42.5 Å². The van der Waals surface area contributed by atoms with Crippen LogP contribution in [0.5, 0.6) is 5.75 Å². The average molecular weight is 324 g/mol. The highest BCUT2D eigenvalue weighted by Gasteiger charge is 2.26. The lowest BCUT2D eigenvalue weighted by Gasteiger charge is -2.13. The van der Waals surface area contributed by atoms with Gasteiger partial charge >= 0.3 is 0 Å². The molecule has 2 N–H and O–H groups in total. The topological polar surface area (TPSA) is 67.4 Å². The van der Waals surface area contributed by atoms with Crippen molar-refractivity contribution < 1.29 is 14.3 Å². The molecule has 1 aliphatic heterocycles. The summed E-state index contributed by atoms with van der Waals surface area (Å²) in [5.74, 6) is -0.295. The number of aryl methyl sites for hydroxylation is 2. The zero-order chi connectivity index (χ0) is 17.1. The van der Waals surface area contributed by atoms with Crippen molar-refractivity contribution in [1.82, 2.24) is 0 Å². The minimum absolute atomic E-state index is 0.0762. The number of para-hydroxylation sites is 2. The Kier molecular flexibility index (Phi) is 4.51. The van der Waals surface area contributed by atoms with Gasteiger partial charge in [0.1, 0.15) is 12.4 Å². The maximum Gasteiger partial charge on any atom is 0.231 e. The third-order valence-electron chi connectivity index (χ3n) is 3.89. The Balaban J connectivity index is 1.65. The van der Waals surface area contributed by atoms with Gasteiger partial charge in [0, 0.05) is 12.1 Å². The predicted molar refractivity (Wildman–Crippen MR) is 93.2 cm³/mol. The van der Waals surface area contributed by atoms with Crippen molar-refractivity contribution in [3.05, 3.63) is 53.6 Å². The van der Waals surface area contributed by atoms with Crippen molar-refractivity contribution in [2.75, 3.05) is 17.2 Å². The highest BCUT2D eigenvalue weighted by atomic mass is 16.5. The summed E-state index contributed by atoms with van der Waals surface area (Å²) in [6.07, 6.45) is 0.0762. The summed E-state index contributed by atoms with van der Waals surface area (Å²) in [4.78, 5) is 24.6. The highest BCUT2D eigenvalue weighted by Crippen LogP contribution is 2.28. The Morgan fingerprint density at radius 2 is 1.92 bits per heavy atom. The molecule has 5 nitrogen and oxygen atoms in total. The van der Waals surface area contributed by atoms with Crippen LogP contribution in [0.3, 0.4) is 0 Å². The molecule has 0 saturated heterocycles. The Morgan fingerprint density at radius 1 is 1.21 bits per heavy atom. The molecule has 1 aliphatic rings. The second-order valence-corrected chi connectivity index (χ2v) is 6.12. The Hall–Kier alpha value is -2.82. The quantitative estimate of drug-likeness (QED) is 0.910. The molecule has 5 heteroatoms. The smallest absolute Gasteiger partial charge is 0.231 e. The maximum absolute atomic E-state index is 12.3. The van der Waals surface area contributed by atoms with E-state index in [1.54, 1.807) is 12.1 Å². The van der Waals surface area contributed by atoms with Crippen LogP contribution in [0.4, 0.5) is 11.4 Å². The molecule has 0 fully saturated rings. The van der Waals surface area contributed by atoms with Gasteiger partial charge in [-0.1, -0.05) is 18.2 Å². The molecular formula is C19H20N2O3. The standard InChI is InChI=1S/C19H20N2O3/c1-12-7-13(2)9-15(8-12)20-18(22)10-14-11-24-17-6-4-3-5-16(17)21-19(14)23/h3-9,14H,10-11H2,1-2H3,(H,20,22)(H,21,23). The number of hydrogen-bond donors (Lipinski definition) is 2. The minimum atomic E-state index is -0.525. The van der Waals surface area contributed by atoms with E-state index in [2.05, 4.69) is 10.6 Å². The van der Waals surface area contributed by atoms with E-state index in [0.717, 1.165) is 16.8 Å². The van der Waals surface area contributed by atoms with Gasteiger partial charge in [-0.15, -0.1) is 0 Å². The van der Waals surface area contributed by atoms with E-state index in [-0.39, 0.29) is 24.8 Å². The molecule has 1 atom stereocenters.